The Hall–Kier alpha value is -9.03. The monoisotopic (exact) mass is 1040 g/mol. The number of benzene rings is 9. The summed E-state index contributed by atoms with van der Waals surface area (Å²) in [6, 6.07) is 62.4. The predicted molar refractivity (Wildman–Crippen MR) is 329 cm³/mol. The van der Waals surface area contributed by atoms with Crippen LogP contribution in [-0.2, 0) is 17.3 Å². The molecule has 0 amide bonds. The average Bonchev–Trinajstić information content (AvgIpc) is 4.18. The zero-order chi connectivity index (χ0) is 53.2. The maximum absolute atomic E-state index is 10.1. The van der Waals surface area contributed by atoms with Gasteiger partial charge >= 0.3 is 0 Å². The van der Waals surface area contributed by atoms with Crippen molar-refractivity contribution in [2.45, 2.75) is 65.2 Å². The lowest BCUT2D eigenvalue weighted by molar-refractivity contribution is 0.464. The van der Waals surface area contributed by atoms with Crippen molar-refractivity contribution in [2.24, 2.45) is 0 Å². The van der Waals surface area contributed by atoms with Gasteiger partial charge in [-0.25, -0.2) is 0 Å². The highest BCUT2D eigenvalue weighted by atomic mass is 32.1. The van der Waals surface area contributed by atoms with Crippen molar-refractivity contribution in [1.29, 1.82) is 5.26 Å². The van der Waals surface area contributed by atoms with Crippen LogP contribution in [0.4, 0.5) is 0 Å². The van der Waals surface area contributed by atoms with Gasteiger partial charge in [0.05, 0.1) is 22.6 Å². The fourth-order valence-corrected chi connectivity index (χ4v) is 14.3. The molecule has 0 fully saturated rings. The van der Waals surface area contributed by atoms with Crippen LogP contribution >= 0.6 is 11.3 Å². The zero-order valence-electron chi connectivity index (χ0n) is 44.8. The molecule has 4 aromatic heterocycles. The van der Waals surface area contributed by atoms with E-state index in [1.807, 2.05) is 11.3 Å². The van der Waals surface area contributed by atoms with Crippen molar-refractivity contribution < 1.29 is 13.9 Å². The minimum atomic E-state index is -0.190. The number of fused-ring (bicyclic) bond motifs is 17. The molecule has 6 nitrogen and oxygen atoms in total. The highest BCUT2D eigenvalue weighted by Crippen LogP contribution is 2.47. The summed E-state index contributed by atoms with van der Waals surface area (Å²) in [6.45, 7) is 13.6. The number of ether oxygens (including phenoxy) is 2. The first-order valence-electron chi connectivity index (χ1n) is 27.4. The molecule has 3 aliphatic rings. The Morgan fingerprint density at radius 3 is 1.84 bits per heavy atom. The van der Waals surface area contributed by atoms with Crippen LogP contribution in [0.15, 0.2) is 186 Å². The largest absolute Gasteiger partial charge is 0.458 e. The van der Waals surface area contributed by atoms with Gasteiger partial charge in [-0.05, 0) is 117 Å². The summed E-state index contributed by atoms with van der Waals surface area (Å²) in [5.74, 6) is 3.10. The summed E-state index contributed by atoms with van der Waals surface area (Å²) in [6.07, 6.45) is 7.73. The van der Waals surface area contributed by atoms with E-state index in [9.17, 15) is 5.26 Å². The van der Waals surface area contributed by atoms with Crippen molar-refractivity contribution in [1.82, 2.24) is 9.13 Å². The summed E-state index contributed by atoms with van der Waals surface area (Å²) in [7, 11) is 0. The molecule has 0 radical (unpaired) electrons. The summed E-state index contributed by atoms with van der Waals surface area (Å²) in [4.78, 5) is 0. The third-order valence-corrected chi connectivity index (χ3v) is 18.2. The number of nitriles is 1. The van der Waals surface area contributed by atoms with Gasteiger partial charge in [0.1, 0.15) is 34.2 Å². The second-order valence-electron chi connectivity index (χ2n) is 23.8. The highest BCUT2D eigenvalue weighted by molar-refractivity contribution is 7.26. The highest BCUT2D eigenvalue weighted by Gasteiger charge is 2.41. The Kier molecular flexibility index (Phi) is 9.63. The molecule has 0 spiro atoms. The van der Waals surface area contributed by atoms with Crippen molar-refractivity contribution >= 4 is 115 Å². The minimum absolute atomic E-state index is 0.0122. The van der Waals surface area contributed by atoms with Crippen molar-refractivity contribution in [3.8, 4) is 51.6 Å². The molecular formula is C71H52BN3O3S. The Balaban J connectivity index is 0.913. The molecule has 0 unspecified atom stereocenters. The van der Waals surface area contributed by atoms with Gasteiger partial charge < -0.3 is 23.0 Å². The van der Waals surface area contributed by atoms with Crippen LogP contribution in [0.1, 0.15) is 70.3 Å². The van der Waals surface area contributed by atoms with Crippen molar-refractivity contribution in [3.63, 3.8) is 0 Å². The fraction of sp³-hybridized carbons (Fsp3) is 0.141. The number of thiophene rings is 1. The van der Waals surface area contributed by atoms with Crippen LogP contribution in [0.5, 0.6) is 23.0 Å². The molecule has 0 atom stereocenters. The van der Waals surface area contributed by atoms with Gasteiger partial charge in [0.15, 0.2) is 0 Å². The molecule has 0 saturated carbocycles. The quantitative estimate of drug-likeness (QED) is 0.131. The van der Waals surface area contributed by atoms with Gasteiger partial charge in [0.25, 0.3) is 6.71 Å². The van der Waals surface area contributed by atoms with Crippen molar-refractivity contribution in [3.05, 3.63) is 204 Å². The molecule has 8 heteroatoms. The molecule has 0 saturated heterocycles. The van der Waals surface area contributed by atoms with E-state index in [0.29, 0.717) is 6.42 Å². The zero-order valence-corrected chi connectivity index (χ0v) is 45.6. The second kappa shape index (κ2) is 16.5. The summed E-state index contributed by atoms with van der Waals surface area (Å²) >= 11 is 1.82. The van der Waals surface area contributed by atoms with Gasteiger partial charge in [0, 0.05) is 111 Å². The van der Waals surface area contributed by atoms with Gasteiger partial charge in [-0.1, -0.05) is 133 Å². The molecule has 378 valence electrons. The Labute approximate surface area is 461 Å². The molecule has 2 aliphatic heterocycles. The van der Waals surface area contributed by atoms with E-state index in [0.717, 1.165) is 129 Å². The van der Waals surface area contributed by atoms with Gasteiger partial charge in [0.2, 0.25) is 0 Å². The molecule has 1 aliphatic carbocycles. The predicted octanol–water partition coefficient (Wildman–Crippen LogP) is 17.4. The van der Waals surface area contributed by atoms with E-state index >= 15 is 0 Å². The number of allylic oxidation sites excluding steroid dienone is 3. The molecule has 9 aromatic carbocycles. The van der Waals surface area contributed by atoms with E-state index < -0.39 is 0 Å². The maximum atomic E-state index is 10.1. The second-order valence-corrected chi connectivity index (χ2v) is 24.9. The number of furan rings is 1. The number of hydrogen-bond donors (Lipinski definition) is 0. The molecule has 16 rings (SSSR count). The number of rotatable bonds is 3. The van der Waals surface area contributed by atoms with E-state index in [-0.39, 0.29) is 17.5 Å². The first kappa shape index (κ1) is 46.1. The lowest BCUT2D eigenvalue weighted by Crippen LogP contribution is -2.57. The molecule has 6 heterocycles. The first-order valence-corrected chi connectivity index (χ1v) is 28.2. The number of hydrogen-bond acceptors (Lipinski definition) is 5. The number of aromatic nitrogens is 2. The first-order chi connectivity index (χ1) is 38.4. The molecule has 0 bridgehead atoms. The summed E-state index contributed by atoms with van der Waals surface area (Å²) in [5.41, 5.74) is 17.7. The SMILES string of the molecule is CC(C)(C)c1ccc2c(c1)c1cc(C(C)(C)C)ccc1n2-c1ccc2c(c1)Oc1cc(-c3cccc4c3oc3ccc5sc6ccccc6c5c34)cc3c1B2c1ccc(-n2c4c(c5ccccc52)/C=C(/C#N)C/C=C\C4)cc1O3. The van der Waals surface area contributed by atoms with Crippen LogP contribution < -0.4 is 25.9 Å². The topological polar surface area (TPSA) is 65.2 Å². The molecule has 0 N–H and O–H groups in total. The van der Waals surface area contributed by atoms with Crippen LogP contribution in [-0.4, -0.2) is 15.8 Å². The summed E-state index contributed by atoms with van der Waals surface area (Å²) in [5, 5.41) is 18.4. The molecule has 13 aromatic rings. The fourth-order valence-electron chi connectivity index (χ4n) is 13.2. The van der Waals surface area contributed by atoms with E-state index in [1.165, 1.54) is 42.1 Å². The third kappa shape index (κ3) is 6.82. The standard InChI is InChI=1S/C71H52BN3O3S/c1-70(2,3)42-22-28-57-51(35-42)52-36-43(71(4,5)6)23-29-58(52)75(57)45-25-27-54-61(38-45)77-63-34-41(46-17-13-18-49-66-59(78-69(46)49)30-31-65-67(66)48-16-9-12-21-64(48)79-65)33-62-68(63)72(54)53-26-24-44(37-60(53)76-62)74-55-19-11-8-15-47(55)50-32-40(39-73)14-7-10-20-56(50)74/h7-13,15-19,21-38H,14,20H2,1-6H3/b10-7-,40-32+. The van der Waals surface area contributed by atoms with E-state index in [1.54, 1.807) is 0 Å². The maximum Gasteiger partial charge on any atom is 0.260 e. The van der Waals surface area contributed by atoms with Gasteiger partial charge in [-0.15, -0.1) is 11.3 Å². The Morgan fingerprint density at radius 2 is 1.15 bits per heavy atom. The lowest BCUT2D eigenvalue weighted by atomic mass is 9.35. The van der Waals surface area contributed by atoms with Crippen LogP contribution in [0.2, 0.25) is 0 Å². The number of nitrogens with zero attached hydrogens (tertiary/aromatic N) is 3. The van der Waals surface area contributed by atoms with E-state index in [2.05, 4.69) is 239 Å². The van der Waals surface area contributed by atoms with Crippen LogP contribution in [0, 0.1) is 11.3 Å². The molecular weight excluding hydrogens is 986 g/mol. The van der Waals surface area contributed by atoms with Crippen LogP contribution in [0.25, 0.3) is 103 Å². The minimum Gasteiger partial charge on any atom is -0.458 e. The van der Waals surface area contributed by atoms with Crippen molar-refractivity contribution in [2.75, 3.05) is 0 Å². The summed E-state index contributed by atoms with van der Waals surface area (Å²) < 4.78 is 28.9. The normalized spacial score (nSPS) is 15.1. The smallest absolute Gasteiger partial charge is 0.260 e. The third-order valence-electron chi connectivity index (χ3n) is 17.1. The van der Waals surface area contributed by atoms with Crippen LogP contribution in [0.3, 0.4) is 0 Å². The molecule has 79 heavy (non-hydrogen) atoms. The lowest BCUT2D eigenvalue weighted by Gasteiger charge is -2.34. The Morgan fingerprint density at radius 1 is 0.532 bits per heavy atom. The average molecular weight is 1040 g/mol. The van der Waals surface area contributed by atoms with Gasteiger partial charge in [-0.3, -0.25) is 0 Å². The van der Waals surface area contributed by atoms with Gasteiger partial charge in [-0.2, -0.15) is 5.26 Å². The number of para-hydroxylation sites is 2. The Bertz CT molecular complexity index is 4890. The van der Waals surface area contributed by atoms with E-state index in [4.69, 9.17) is 13.9 Å².